The van der Waals surface area contributed by atoms with Crippen LogP contribution in [0, 0.1) is 12.7 Å². The standard InChI is InChI=1S/C33H36FN5O2/c1-3-28(40)17-10-23-6-8-24(9-7-23)20-29(35)33(41)38-18-19-39-30(21-38)37-31(25-11-13-26(34)14-12-25)32(39)36-27-15-4-22(2)5-16-27/h4-9,11-16,29,36H,3,10,17-21,35H2,1-2H3/t29-/m0/s1. The molecule has 0 aliphatic carbocycles. The monoisotopic (exact) mass is 553 g/mol. The van der Waals surface area contributed by atoms with Gasteiger partial charge in [0.15, 0.2) is 0 Å². The van der Waals surface area contributed by atoms with Crippen molar-refractivity contribution in [1.29, 1.82) is 0 Å². The van der Waals surface area contributed by atoms with Crippen LogP contribution in [-0.2, 0) is 35.5 Å². The number of hydrogen-bond donors (Lipinski definition) is 2. The molecule has 0 saturated carbocycles. The van der Waals surface area contributed by atoms with Crippen molar-refractivity contribution in [2.75, 3.05) is 11.9 Å². The van der Waals surface area contributed by atoms with Crippen molar-refractivity contribution in [1.82, 2.24) is 14.5 Å². The number of imidazole rings is 1. The lowest BCUT2D eigenvalue weighted by molar-refractivity contribution is -0.134. The third-order valence-electron chi connectivity index (χ3n) is 7.60. The van der Waals surface area contributed by atoms with Crippen molar-refractivity contribution >= 4 is 23.2 Å². The van der Waals surface area contributed by atoms with Crippen LogP contribution in [0.1, 0.15) is 42.3 Å². The van der Waals surface area contributed by atoms with Crippen LogP contribution < -0.4 is 11.1 Å². The van der Waals surface area contributed by atoms with E-state index in [1.54, 1.807) is 17.0 Å². The van der Waals surface area contributed by atoms with Gasteiger partial charge in [-0.2, -0.15) is 0 Å². The Morgan fingerprint density at radius 1 is 0.976 bits per heavy atom. The Bertz CT molecular complexity index is 1510. The highest BCUT2D eigenvalue weighted by Gasteiger charge is 2.29. The van der Waals surface area contributed by atoms with Crippen LogP contribution in [0.25, 0.3) is 11.3 Å². The van der Waals surface area contributed by atoms with Crippen LogP contribution >= 0.6 is 0 Å². The lowest BCUT2D eigenvalue weighted by atomic mass is 10.0. The summed E-state index contributed by atoms with van der Waals surface area (Å²) in [6.45, 7) is 5.32. The molecule has 1 aliphatic heterocycles. The third-order valence-corrected chi connectivity index (χ3v) is 7.60. The van der Waals surface area contributed by atoms with Gasteiger partial charge in [0, 0.05) is 37.2 Å². The van der Waals surface area contributed by atoms with E-state index in [1.807, 2.05) is 62.4 Å². The molecular weight excluding hydrogens is 517 g/mol. The van der Waals surface area contributed by atoms with E-state index in [-0.39, 0.29) is 17.5 Å². The highest BCUT2D eigenvalue weighted by molar-refractivity contribution is 5.82. The molecule has 0 fully saturated rings. The number of aryl methyl sites for hydroxylation is 2. The van der Waals surface area contributed by atoms with E-state index >= 15 is 0 Å². The average molecular weight is 554 g/mol. The summed E-state index contributed by atoms with van der Waals surface area (Å²) < 4.78 is 15.8. The summed E-state index contributed by atoms with van der Waals surface area (Å²) in [6.07, 6.45) is 2.26. The molecule has 3 aromatic carbocycles. The van der Waals surface area contributed by atoms with Crippen molar-refractivity contribution in [2.24, 2.45) is 5.73 Å². The topological polar surface area (TPSA) is 93.3 Å². The molecule has 1 aliphatic rings. The second kappa shape index (κ2) is 12.5. The van der Waals surface area contributed by atoms with E-state index in [4.69, 9.17) is 10.7 Å². The van der Waals surface area contributed by atoms with Gasteiger partial charge in [-0.1, -0.05) is 48.9 Å². The highest BCUT2D eigenvalue weighted by Crippen LogP contribution is 2.33. The Labute approximate surface area is 240 Å². The molecule has 0 unspecified atom stereocenters. The first-order valence-corrected chi connectivity index (χ1v) is 14.1. The summed E-state index contributed by atoms with van der Waals surface area (Å²) in [5, 5.41) is 3.50. The van der Waals surface area contributed by atoms with Crippen LogP contribution in [0.2, 0.25) is 0 Å². The number of amides is 1. The van der Waals surface area contributed by atoms with Gasteiger partial charge in [0.25, 0.3) is 0 Å². The minimum Gasteiger partial charge on any atom is -0.340 e. The minimum absolute atomic E-state index is 0.117. The summed E-state index contributed by atoms with van der Waals surface area (Å²) >= 11 is 0. The number of fused-ring (bicyclic) bond motifs is 1. The van der Waals surface area contributed by atoms with E-state index in [0.29, 0.717) is 44.6 Å². The summed E-state index contributed by atoms with van der Waals surface area (Å²) in [4.78, 5) is 31.7. The highest BCUT2D eigenvalue weighted by atomic mass is 19.1. The van der Waals surface area contributed by atoms with E-state index in [0.717, 1.165) is 46.0 Å². The predicted molar refractivity (Wildman–Crippen MR) is 159 cm³/mol. The second-order valence-electron chi connectivity index (χ2n) is 10.7. The molecule has 1 aromatic heterocycles. The van der Waals surface area contributed by atoms with Gasteiger partial charge in [0.2, 0.25) is 5.91 Å². The number of Topliss-reactive ketones (excluding diaryl/α,β-unsaturated/α-hetero) is 1. The van der Waals surface area contributed by atoms with Gasteiger partial charge in [0.1, 0.15) is 28.9 Å². The fraction of sp³-hybridized carbons (Fsp3) is 0.303. The van der Waals surface area contributed by atoms with Crippen LogP contribution in [-0.4, -0.2) is 38.7 Å². The van der Waals surface area contributed by atoms with Crippen LogP contribution in [0.4, 0.5) is 15.9 Å². The number of anilines is 2. The van der Waals surface area contributed by atoms with E-state index in [2.05, 4.69) is 9.88 Å². The molecule has 7 nitrogen and oxygen atoms in total. The SMILES string of the molecule is CCC(=O)CCc1ccc(C[C@H](N)C(=O)N2CCn3c(nc(-c4ccc(F)cc4)c3Nc3ccc(C)cc3)C2)cc1. The Kier molecular flexibility index (Phi) is 8.59. The Morgan fingerprint density at radius 3 is 2.34 bits per heavy atom. The molecular formula is C33H36FN5O2. The number of carbonyl (C=O) groups is 2. The lowest BCUT2D eigenvalue weighted by Crippen LogP contribution is -2.47. The number of rotatable bonds is 10. The molecule has 3 N–H and O–H groups in total. The number of benzene rings is 3. The molecule has 41 heavy (non-hydrogen) atoms. The molecule has 5 rings (SSSR count). The molecule has 4 aromatic rings. The second-order valence-corrected chi connectivity index (χ2v) is 10.7. The fourth-order valence-electron chi connectivity index (χ4n) is 5.11. The largest absolute Gasteiger partial charge is 0.340 e. The van der Waals surface area contributed by atoms with Crippen LogP contribution in [0.5, 0.6) is 0 Å². The van der Waals surface area contributed by atoms with E-state index in [9.17, 15) is 14.0 Å². The van der Waals surface area contributed by atoms with Gasteiger partial charge in [-0.05, 0) is 67.3 Å². The van der Waals surface area contributed by atoms with Crippen molar-refractivity contribution in [3.63, 3.8) is 0 Å². The third kappa shape index (κ3) is 6.72. The molecule has 0 radical (unpaired) electrons. The number of halogens is 1. The summed E-state index contributed by atoms with van der Waals surface area (Å²) in [5.41, 5.74) is 12.1. The maximum absolute atomic E-state index is 13.7. The smallest absolute Gasteiger partial charge is 0.240 e. The minimum atomic E-state index is -0.675. The fourth-order valence-corrected chi connectivity index (χ4v) is 5.11. The zero-order valence-electron chi connectivity index (χ0n) is 23.6. The number of nitrogens with zero attached hydrogens (tertiary/aromatic N) is 3. The first-order valence-electron chi connectivity index (χ1n) is 14.1. The average Bonchev–Trinajstić information content (AvgIpc) is 3.35. The van der Waals surface area contributed by atoms with Gasteiger partial charge in [-0.3, -0.25) is 9.59 Å². The van der Waals surface area contributed by atoms with E-state index < -0.39 is 6.04 Å². The van der Waals surface area contributed by atoms with Gasteiger partial charge >= 0.3 is 0 Å². The molecule has 0 saturated heterocycles. The van der Waals surface area contributed by atoms with E-state index in [1.165, 1.54) is 12.1 Å². The molecule has 2 heterocycles. The normalized spacial score (nSPS) is 13.5. The summed E-state index contributed by atoms with van der Waals surface area (Å²) in [7, 11) is 0. The molecule has 1 atom stereocenters. The number of ketones is 1. The van der Waals surface area contributed by atoms with Gasteiger partial charge in [0.05, 0.1) is 12.6 Å². The predicted octanol–water partition coefficient (Wildman–Crippen LogP) is 5.57. The van der Waals surface area contributed by atoms with Gasteiger partial charge in [-0.15, -0.1) is 0 Å². The summed E-state index contributed by atoms with van der Waals surface area (Å²) in [6, 6.07) is 21.7. The van der Waals surface area contributed by atoms with Gasteiger partial charge in [-0.25, -0.2) is 9.37 Å². The maximum Gasteiger partial charge on any atom is 0.240 e. The van der Waals surface area contributed by atoms with Crippen LogP contribution in [0.3, 0.4) is 0 Å². The first-order chi connectivity index (χ1) is 19.8. The molecule has 8 heteroatoms. The summed E-state index contributed by atoms with van der Waals surface area (Å²) in [5.74, 6) is 1.39. The zero-order valence-corrected chi connectivity index (χ0v) is 23.6. The van der Waals surface area contributed by atoms with Crippen molar-refractivity contribution in [3.8, 4) is 11.3 Å². The number of nitrogens with one attached hydrogen (secondary N) is 1. The van der Waals surface area contributed by atoms with Crippen molar-refractivity contribution in [2.45, 2.75) is 58.7 Å². The first kappa shape index (κ1) is 28.2. The van der Waals surface area contributed by atoms with Crippen molar-refractivity contribution in [3.05, 3.63) is 101 Å². The quantitative estimate of drug-likeness (QED) is 0.268. The zero-order chi connectivity index (χ0) is 28.9. The number of nitrogens with two attached hydrogens (primary N) is 1. The van der Waals surface area contributed by atoms with Crippen molar-refractivity contribution < 1.29 is 14.0 Å². The Balaban J connectivity index is 1.31. The molecule has 0 bridgehead atoms. The van der Waals surface area contributed by atoms with Crippen LogP contribution in [0.15, 0.2) is 72.8 Å². The molecule has 1 amide bonds. The number of carbonyl (C=O) groups excluding carboxylic acids is 2. The lowest BCUT2D eigenvalue weighted by Gasteiger charge is -2.30. The number of aromatic nitrogens is 2. The Hall–Kier alpha value is -4.30. The maximum atomic E-state index is 13.7. The number of hydrogen-bond acceptors (Lipinski definition) is 5. The molecule has 212 valence electrons. The van der Waals surface area contributed by atoms with Gasteiger partial charge < -0.3 is 20.5 Å². The Morgan fingerprint density at radius 2 is 1.66 bits per heavy atom. The molecule has 0 spiro atoms.